The molecule has 0 radical (unpaired) electrons. The number of Topliss-reactive ketones (excluding diaryl/α,β-unsaturated/α-hetero) is 1. The van der Waals surface area contributed by atoms with Gasteiger partial charge < -0.3 is 10.1 Å². The summed E-state index contributed by atoms with van der Waals surface area (Å²) in [5, 5.41) is 3.21. The number of ether oxygens (including phenoxy) is 1. The molecule has 0 aromatic heterocycles. The molecule has 0 spiro atoms. The van der Waals surface area contributed by atoms with Crippen molar-refractivity contribution in [3.8, 4) is 0 Å². The molecule has 2 rings (SSSR count). The smallest absolute Gasteiger partial charge is 0.152 e. The van der Waals surface area contributed by atoms with E-state index >= 15 is 0 Å². The van der Waals surface area contributed by atoms with E-state index in [1.54, 1.807) is 0 Å². The van der Waals surface area contributed by atoms with E-state index in [2.05, 4.69) is 5.32 Å². The molecule has 92 valence electrons. The average molecular weight is 233 g/mol. The van der Waals surface area contributed by atoms with Gasteiger partial charge in [0.05, 0.1) is 19.3 Å². The lowest BCUT2D eigenvalue weighted by Crippen LogP contribution is -2.31. The average Bonchev–Trinajstić information content (AvgIpc) is 2.89. The molecule has 1 aliphatic rings. The van der Waals surface area contributed by atoms with E-state index in [4.69, 9.17) is 4.74 Å². The number of benzene rings is 1. The highest BCUT2D eigenvalue weighted by Crippen LogP contribution is 2.08. The fraction of sp³-hybridized carbons (Fsp3) is 0.500. The first-order valence-electron chi connectivity index (χ1n) is 6.24. The van der Waals surface area contributed by atoms with Crippen LogP contribution < -0.4 is 5.32 Å². The van der Waals surface area contributed by atoms with Gasteiger partial charge in [-0.1, -0.05) is 30.3 Å². The van der Waals surface area contributed by atoms with Crippen LogP contribution in [0.2, 0.25) is 0 Å². The maximum absolute atomic E-state index is 11.7. The lowest BCUT2D eigenvalue weighted by Gasteiger charge is -2.09. The van der Waals surface area contributed by atoms with Gasteiger partial charge in [0.1, 0.15) is 0 Å². The number of carbonyl (C=O) groups is 1. The van der Waals surface area contributed by atoms with Crippen molar-refractivity contribution < 1.29 is 9.53 Å². The van der Waals surface area contributed by atoms with E-state index in [0.717, 1.165) is 24.9 Å². The van der Waals surface area contributed by atoms with Gasteiger partial charge in [0.15, 0.2) is 5.78 Å². The molecule has 17 heavy (non-hydrogen) atoms. The zero-order valence-electron chi connectivity index (χ0n) is 10.0. The van der Waals surface area contributed by atoms with Gasteiger partial charge in [-0.15, -0.1) is 0 Å². The first kappa shape index (κ1) is 12.3. The van der Waals surface area contributed by atoms with Gasteiger partial charge in [0, 0.05) is 6.42 Å². The summed E-state index contributed by atoms with van der Waals surface area (Å²) in [5.41, 5.74) is 1.15. The first-order chi connectivity index (χ1) is 8.36. The number of carbonyl (C=O) groups excluding carboxylic acids is 1. The summed E-state index contributed by atoms with van der Waals surface area (Å²) in [5.74, 6) is 0.288. The fourth-order valence-corrected chi connectivity index (χ4v) is 2.07. The molecule has 0 bridgehead atoms. The van der Waals surface area contributed by atoms with E-state index in [1.807, 2.05) is 30.3 Å². The number of rotatable bonds is 6. The van der Waals surface area contributed by atoms with Crippen LogP contribution in [0.1, 0.15) is 24.8 Å². The Hall–Kier alpha value is -1.19. The summed E-state index contributed by atoms with van der Waals surface area (Å²) >= 11 is 0. The van der Waals surface area contributed by atoms with Crippen molar-refractivity contribution in [3.05, 3.63) is 35.9 Å². The molecule has 1 heterocycles. The van der Waals surface area contributed by atoms with Crippen molar-refractivity contribution in [2.75, 3.05) is 13.2 Å². The van der Waals surface area contributed by atoms with Gasteiger partial charge in [-0.05, 0) is 24.9 Å². The lowest BCUT2D eigenvalue weighted by atomic mass is 10.1. The third-order valence-electron chi connectivity index (χ3n) is 3.05. The summed E-state index contributed by atoms with van der Waals surface area (Å²) in [4.78, 5) is 11.7. The third-order valence-corrected chi connectivity index (χ3v) is 3.05. The van der Waals surface area contributed by atoms with E-state index in [-0.39, 0.29) is 11.8 Å². The van der Waals surface area contributed by atoms with Crippen molar-refractivity contribution in [1.29, 1.82) is 0 Å². The molecule has 3 heteroatoms. The Morgan fingerprint density at radius 2 is 2.18 bits per heavy atom. The number of hydrogen-bond acceptors (Lipinski definition) is 3. The third kappa shape index (κ3) is 3.95. The van der Waals surface area contributed by atoms with Crippen LogP contribution in [0.4, 0.5) is 0 Å². The second-order valence-electron chi connectivity index (χ2n) is 4.40. The Labute approximate surface area is 102 Å². The van der Waals surface area contributed by atoms with Gasteiger partial charge in [-0.3, -0.25) is 4.79 Å². The molecule has 1 aromatic carbocycles. The monoisotopic (exact) mass is 233 g/mol. The second-order valence-corrected chi connectivity index (χ2v) is 4.40. The molecular formula is C14H19NO2. The topological polar surface area (TPSA) is 38.3 Å². The molecule has 0 aliphatic carbocycles. The van der Waals surface area contributed by atoms with Crippen molar-refractivity contribution in [1.82, 2.24) is 5.32 Å². The van der Waals surface area contributed by atoms with Crippen LogP contribution in [0.15, 0.2) is 30.3 Å². The van der Waals surface area contributed by atoms with Crippen molar-refractivity contribution in [2.45, 2.75) is 31.9 Å². The molecule has 1 aliphatic heterocycles. The molecule has 1 saturated heterocycles. The van der Waals surface area contributed by atoms with Gasteiger partial charge in [0.2, 0.25) is 0 Å². The van der Waals surface area contributed by atoms with Crippen LogP contribution in [-0.2, 0) is 16.1 Å². The molecule has 3 nitrogen and oxygen atoms in total. The molecule has 1 unspecified atom stereocenters. The van der Waals surface area contributed by atoms with Crippen LogP contribution in [0.3, 0.4) is 0 Å². The highest BCUT2D eigenvalue weighted by Gasteiger charge is 2.20. The molecule has 0 saturated carbocycles. The zero-order chi connectivity index (χ0) is 11.9. The van der Waals surface area contributed by atoms with Gasteiger partial charge in [-0.25, -0.2) is 0 Å². The number of nitrogens with one attached hydrogen (secondary N) is 1. The summed E-state index contributed by atoms with van der Waals surface area (Å²) in [6.07, 6.45) is 2.61. The normalized spacial score (nSPS) is 19.4. The predicted molar refractivity (Wildman–Crippen MR) is 66.7 cm³/mol. The van der Waals surface area contributed by atoms with Crippen molar-refractivity contribution in [2.24, 2.45) is 0 Å². The van der Waals surface area contributed by atoms with E-state index < -0.39 is 0 Å². The van der Waals surface area contributed by atoms with E-state index in [9.17, 15) is 4.79 Å². The minimum Gasteiger partial charge on any atom is -0.376 e. The zero-order valence-corrected chi connectivity index (χ0v) is 10.0. The van der Waals surface area contributed by atoms with Crippen LogP contribution in [0.5, 0.6) is 0 Å². The molecule has 0 amide bonds. The molecule has 1 aromatic rings. The quantitative estimate of drug-likeness (QED) is 0.763. The van der Waals surface area contributed by atoms with Crippen molar-refractivity contribution in [3.63, 3.8) is 0 Å². The molecular weight excluding hydrogens is 214 g/mol. The molecule has 1 N–H and O–H groups in total. The number of ketones is 1. The SMILES string of the molecule is O=C(CCOCc1ccccc1)C1CCCN1. The largest absolute Gasteiger partial charge is 0.376 e. The minimum atomic E-state index is 0.0790. The standard InChI is InChI=1S/C14H19NO2/c16-14(13-7-4-9-15-13)8-10-17-11-12-5-2-1-3-6-12/h1-3,5-6,13,15H,4,7-11H2. The Bertz CT molecular complexity index is 344. The minimum absolute atomic E-state index is 0.0790. The Morgan fingerprint density at radius 1 is 1.35 bits per heavy atom. The Morgan fingerprint density at radius 3 is 2.88 bits per heavy atom. The van der Waals surface area contributed by atoms with Crippen molar-refractivity contribution >= 4 is 5.78 Å². The van der Waals surface area contributed by atoms with Crippen LogP contribution in [0.25, 0.3) is 0 Å². The highest BCUT2D eigenvalue weighted by atomic mass is 16.5. The van der Waals surface area contributed by atoms with Gasteiger partial charge in [0.25, 0.3) is 0 Å². The molecule has 1 fully saturated rings. The Balaban J connectivity index is 1.61. The summed E-state index contributed by atoms with van der Waals surface area (Å²) in [6.45, 7) is 2.08. The molecule has 1 atom stereocenters. The van der Waals surface area contributed by atoms with E-state index in [0.29, 0.717) is 19.6 Å². The highest BCUT2D eigenvalue weighted by molar-refractivity contribution is 5.84. The first-order valence-corrected chi connectivity index (χ1v) is 6.24. The lowest BCUT2D eigenvalue weighted by molar-refractivity contribution is -0.121. The fourth-order valence-electron chi connectivity index (χ4n) is 2.07. The number of hydrogen-bond donors (Lipinski definition) is 1. The van der Waals surface area contributed by atoms with Crippen LogP contribution in [0, 0.1) is 0 Å². The van der Waals surface area contributed by atoms with Gasteiger partial charge >= 0.3 is 0 Å². The maximum atomic E-state index is 11.7. The summed E-state index contributed by atoms with van der Waals surface area (Å²) in [6, 6.07) is 10.1. The van der Waals surface area contributed by atoms with Gasteiger partial charge in [-0.2, -0.15) is 0 Å². The second kappa shape index (κ2) is 6.52. The summed E-state index contributed by atoms with van der Waals surface area (Å²) in [7, 11) is 0. The van der Waals surface area contributed by atoms with Crippen LogP contribution in [-0.4, -0.2) is 25.0 Å². The predicted octanol–water partition coefficient (Wildman–Crippen LogP) is 1.91. The Kier molecular flexibility index (Phi) is 4.71. The maximum Gasteiger partial charge on any atom is 0.152 e. The van der Waals surface area contributed by atoms with Crippen LogP contribution >= 0.6 is 0 Å². The van der Waals surface area contributed by atoms with E-state index in [1.165, 1.54) is 0 Å². The summed E-state index contributed by atoms with van der Waals surface area (Å²) < 4.78 is 5.50.